The number of methoxy groups -OCH3 is 1. The summed E-state index contributed by atoms with van der Waals surface area (Å²) in [6.45, 7) is 4.02. The van der Waals surface area contributed by atoms with Gasteiger partial charge in [0.15, 0.2) is 16.6 Å². The van der Waals surface area contributed by atoms with Crippen LogP contribution in [0.1, 0.15) is 25.3 Å². The van der Waals surface area contributed by atoms with E-state index in [1.807, 2.05) is 19.1 Å². The molecular weight excluding hydrogens is 394 g/mol. The number of nitrogens with zero attached hydrogens (tertiary/aromatic N) is 1. The molecule has 2 rings (SSSR count). The van der Waals surface area contributed by atoms with E-state index in [9.17, 15) is 0 Å². The van der Waals surface area contributed by atoms with E-state index in [-0.39, 0.29) is 6.10 Å². The van der Waals surface area contributed by atoms with E-state index in [2.05, 4.69) is 31.8 Å². The second kappa shape index (κ2) is 9.80. The fraction of sp³-hybridized carbons (Fsp3) is 0.500. The lowest BCUT2D eigenvalue weighted by Crippen LogP contribution is -2.37. The van der Waals surface area contributed by atoms with Crippen LogP contribution in [0.25, 0.3) is 0 Å². The van der Waals surface area contributed by atoms with Gasteiger partial charge in [-0.3, -0.25) is 5.43 Å². The normalized spacial score (nSPS) is 17.0. The van der Waals surface area contributed by atoms with E-state index in [1.165, 1.54) is 0 Å². The molecule has 0 aromatic heterocycles. The van der Waals surface area contributed by atoms with E-state index < -0.39 is 0 Å². The lowest BCUT2D eigenvalue weighted by Gasteiger charge is -2.12. The van der Waals surface area contributed by atoms with Crippen molar-refractivity contribution < 1.29 is 14.2 Å². The first-order chi connectivity index (χ1) is 11.6. The van der Waals surface area contributed by atoms with E-state index in [4.69, 9.17) is 26.4 Å². The number of benzene rings is 1. The molecule has 24 heavy (non-hydrogen) atoms. The molecule has 1 atom stereocenters. The first kappa shape index (κ1) is 19.0. The highest BCUT2D eigenvalue weighted by Gasteiger charge is 2.15. The molecule has 0 bridgehead atoms. The molecule has 1 saturated heterocycles. The van der Waals surface area contributed by atoms with Crippen LogP contribution in [-0.4, -0.2) is 44.3 Å². The Morgan fingerprint density at radius 3 is 3.04 bits per heavy atom. The zero-order valence-corrected chi connectivity index (χ0v) is 16.2. The highest BCUT2D eigenvalue weighted by Crippen LogP contribution is 2.36. The van der Waals surface area contributed by atoms with Gasteiger partial charge in [0.1, 0.15) is 0 Å². The van der Waals surface area contributed by atoms with Gasteiger partial charge in [-0.15, -0.1) is 0 Å². The van der Waals surface area contributed by atoms with E-state index >= 15 is 0 Å². The fourth-order valence-electron chi connectivity index (χ4n) is 2.32. The highest BCUT2D eigenvalue weighted by molar-refractivity contribution is 9.10. The minimum absolute atomic E-state index is 0.236. The van der Waals surface area contributed by atoms with Gasteiger partial charge in [0.05, 0.1) is 30.5 Å². The molecular formula is C16H22BrN3O3S. The molecule has 0 saturated carbocycles. The molecule has 1 heterocycles. The highest BCUT2D eigenvalue weighted by atomic mass is 79.9. The number of hydrazone groups is 1. The van der Waals surface area contributed by atoms with Gasteiger partial charge in [-0.1, -0.05) is 0 Å². The van der Waals surface area contributed by atoms with Crippen molar-refractivity contribution >= 4 is 39.5 Å². The third kappa shape index (κ3) is 5.61. The van der Waals surface area contributed by atoms with Gasteiger partial charge in [0.2, 0.25) is 0 Å². The lowest BCUT2D eigenvalue weighted by molar-refractivity contribution is 0.114. The van der Waals surface area contributed by atoms with Crippen molar-refractivity contribution in [3.63, 3.8) is 0 Å². The maximum atomic E-state index is 5.56. The topological polar surface area (TPSA) is 64.1 Å². The Morgan fingerprint density at radius 2 is 2.38 bits per heavy atom. The minimum Gasteiger partial charge on any atom is -0.493 e. The predicted octanol–water partition coefficient (Wildman–Crippen LogP) is 2.83. The number of halogens is 1. The first-order valence-electron chi connectivity index (χ1n) is 7.82. The number of hydrogen-bond donors (Lipinski definition) is 2. The van der Waals surface area contributed by atoms with Crippen LogP contribution in [0.5, 0.6) is 11.5 Å². The molecule has 1 aromatic rings. The van der Waals surface area contributed by atoms with Gasteiger partial charge >= 0.3 is 0 Å². The second-order valence-electron chi connectivity index (χ2n) is 5.18. The van der Waals surface area contributed by atoms with Gasteiger partial charge in [-0.25, -0.2) is 0 Å². The summed E-state index contributed by atoms with van der Waals surface area (Å²) in [6, 6.07) is 3.76. The van der Waals surface area contributed by atoms with Crippen molar-refractivity contribution in [2.45, 2.75) is 25.9 Å². The molecule has 0 spiro atoms. The van der Waals surface area contributed by atoms with Gasteiger partial charge in [0.25, 0.3) is 0 Å². The summed E-state index contributed by atoms with van der Waals surface area (Å²) in [5.41, 5.74) is 3.66. The van der Waals surface area contributed by atoms with E-state index in [0.717, 1.165) is 29.5 Å². The summed E-state index contributed by atoms with van der Waals surface area (Å²) in [7, 11) is 1.60. The number of rotatable bonds is 7. The number of nitrogens with one attached hydrogen (secondary N) is 2. The number of thiocarbonyl (C=S) groups is 1. The van der Waals surface area contributed by atoms with Crippen molar-refractivity contribution in [2.24, 2.45) is 5.10 Å². The maximum absolute atomic E-state index is 5.56. The zero-order chi connectivity index (χ0) is 17.4. The van der Waals surface area contributed by atoms with Crippen molar-refractivity contribution in [3.8, 4) is 11.5 Å². The van der Waals surface area contributed by atoms with Crippen molar-refractivity contribution in [1.29, 1.82) is 0 Å². The quantitative estimate of drug-likeness (QED) is 0.405. The summed E-state index contributed by atoms with van der Waals surface area (Å²) in [5.74, 6) is 1.32. The Kier molecular flexibility index (Phi) is 7.74. The average molecular weight is 416 g/mol. The van der Waals surface area contributed by atoms with Gasteiger partial charge in [-0.05, 0) is 65.6 Å². The molecule has 0 aliphatic carbocycles. The number of hydrogen-bond acceptors (Lipinski definition) is 5. The second-order valence-corrected chi connectivity index (χ2v) is 6.44. The molecule has 8 heteroatoms. The van der Waals surface area contributed by atoms with Crippen LogP contribution in [0.3, 0.4) is 0 Å². The third-order valence-corrected chi connectivity index (χ3v) is 4.26. The molecule has 0 unspecified atom stereocenters. The van der Waals surface area contributed by atoms with Crippen LogP contribution < -0.4 is 20.2 Å². The monoisotopic (exact) mass is 415 g/mol. The summed E-state index contributed by atoms with van der Waals surface area (Å²) in [4.78, 5) is 0. The Hall–Kier alpha value is -1.38. The third-order valence-electron chi connectivity index (χ3n) is 3.43. The zero-order valence-electron chi connectivity index (χ0n) is 13.8. The molecule has 1 aliphatic rings. The summed E-state index contributed by atoms with van der Waals surface area (Å²) in [6.07, 6.45) is 4.08. The van der Waals surface area contributed by atoms with Crippen LogP contribution in [0.4, 0.5) is 0 Å². The maximum Gasteiger partial charge on any atom is 0.187 e. The smallest absolute Gasteiger partial charge is 0.187 e. The fourth-order valence-corrected chi connectivity index (χ4v) is 3.03. The van der Waals surface area contributed by atoms with E-state index in [1.54, 1.807) is 13.3 Å². The summed E-state index contributed by atoms with van der Waals surface area (Å²) in [5, 5.41) is 7.71. The standard InChI is InChI=1S/C16H22BrN3O3S/c1-3-22-15-13(17)7-11(8-14(15)21-2)9-19-20-16(24)18-10-12-5-4-6-23-12/h7-9,12H,3-6,10H2,1-2H3,(H2,18,20,24)/b19-9-/t12-/m1/s1. The number of ether oxygens (including phenoxy) is 3. The van der Waals surface area contributed by atoms with Gasteiger partial charge in [-0.2, -0.15) is 5.10 Å². The Labute approximate surface area is 156 Å². The molecule has 6 nitrogen and oxygen atoms in total. The first-order valence-corrected chi connectivity index (χ1v) is 9.03. The van der Waals surface area contributed by atoms with Crippen LogP contribution in [0.2, 0.25) is 0 Å². The predicted molar refractivity (Wildman–Crippen MR) is 102 cm³/mol. The van der Waals surface area contributed by atoms with Gasteiger partial charge in [0, 0.05) is 13.2 Å². The summed E-state index contributed by atoms with van der Waals surface area (Å²) < 4.78 is 17.3. The van der Waals surface area contributed by atoms with E-state index in [0.29, 0.717) is 29.8 Å². The largest absolute Gasteiger partial charge is 0.493 e. The van der Waals surface area contributed by atoms with Crippen LogP contribution in [0.15, 0.2) is 21.7 Å². The van der Waals surface area contributed by atoms with Crippen LogP contribution in [-0.2, 0) is 4.74 Å². The van der Waals surface area contributed by atoms with Crippen molar-refractivity contribution in [3.05, 3.63) is 22.2 Å². The molecule has 0 radical (unpaired) electrons. The van der Waals surface area contributed by atoms with Crippen molar-refractivity contribution in [1.82, 2.24) is 10.7 Å². The van der Waals surface area contributed by atoms with Crippen LogP contribution in [0, 0.1) is 0 Å². The molecule has 1 fully saturated rings. The SMILES string of the molecule is CCOc1c(Br)cc(/C=N\NC(=S)NC[C@H]2CCCO2)cc1OC. The summed E-state index contributed by atoms with van der Waals surface area (Å²) >= 11 is 8.67. The lowest BCUT2D eigenvalue weighted by atomic mass is 10.2. The van der Waals surface area contributed by atoms with Gasteiger partial charge < -0.3 is 19.5 Å². The molecule has 2 N–H and O–H groups in total. The molecule has 1 aliphatic heterocycles. The molecule has 1 aromatic carbocycles. The Morgan fingerprint density at radius 1 is 1.54 bits per heavy atom. The van der Waals surface area contributed by atoms with Crippen molar-refractivity contribution in [2.75, 3.05) is 26.9 Å². The molecule has 0 amide bonds. The average Bonchev–Trinajstić information content (AvgIpc) is 3.08. The minimum atomic E-state index is 0.236. The van der Waals surface area contributed by atoms with Crippen LogP contribution >= 0.6 is 28.1 Å². The molecule has 132 valence electrons. The Bertz CT molecular complexity index is 592. The Balaban J connectivity index is 1.88.